The molecule has 1 aromatic carbocycles. The van der Waals surface area contributed by atoms with Crippen LogP contribution in [0.3, 0.4) is 0 Å². The Kier molecular flexibility index (Phi) is 5.05. The molecule has 1 aliphatic carbocycles. The van der Waals surface area contributed by atoms with Gasteiger partial charge in [0.1, 0.15) is 0 Å². The summed E-state index contributed by atoms with van der Waals surface area (Å²) in [6.07, 6.45) is 4.85. The third-order valence-electron chi connectivity index (χ3n) is 4.21. The van der Waals surface area contributed by atoms with Gasteiger partial charge in [-0.25, -0.2) is 0 Å². The van der Waals surface area contributed by atoms with E-state index >= 15 is 0 Å². The predicted molar refractivity (Wildman–Crippen MR) is 84.2 cm³/mol. The molecule has 0 spiro atoms. The van der Waals surface area contributed by atoms with Crippen LogP contribution >= 0.6 is 0 Å². The number of amides is 1. The Bertz CT molecular complexity index is 470. The summed E-state index contributed by atoms with van der Waals surface area (Å²) in [5, 5.41) is 6.50. The number of benzene rings is 1. The average molecular weight is 274 g/mol. The van der Waals surface area contributed by atoms with Crippen molar-refractivity contribution in [3.63, 3.8) is 0 Å². The van der Waals surface area contributed by atoms with Gasteiger partial charge in [0, 0.05) is 18.3 Å². The number of carbonyl (C=O) groups excluding carboxylic acids is 1. The second-order valence-electron chi connectivity index (χ2n) is 5.92. The van der Waals surface area contributed by atoms with Crippen LogP contribution in [0.15, 0.2) is 18.2 Å². The van der Waals surface area contributed by atoms with Crippen molar-refractivity contribution in [1.82, 2.24) is 5.32 Å². The lowest BCUT2D eigenvalue weighted by Crippen LogP contribution is -2.41. The molecule has 2 atom stereocenters. The van der Waals surface area contributed by atoms with E-state index in [0.29, 0.717) is 12.0 Å². The smallest absolute Gasteiger partial charge is 0.253 e. The molecule has 1 saturated carbocycles. The van der Waals surface area contributed by atoms with Crippen LogP contribution in [0.1, 0.15) is 55.5 Å². The van der Waals surface area contributed by atoms with Crippen LogP contribution in [-0.2, 0) is 0 Å². The van der Waals surface area contributed by atoms with Crippen molar-refractivity contribution in [1.29, 1.82) is 0 Å². The summed E-state index contributed by atoms with van der Waals surface area (Å²) in [5.74, 6) is 0.642. The summed E-state index contributed by atoms with van der Waals surface area (Å²) in [6, 6.07) is 6.34. The highest BCUT2D eigenvalue weighted by atomic mass is 16.1. The second kappa shape index (κ2) is 6.78. The van der Waals surface area contributed by atoms with Gasteiger partial charge < -0.3 is 10.6 Å². The van der Waals surface area contributed by atoms with Crippen LogP contribution in [0, 0.1) is 12.8 Å². The van der Waals surface area contributed by atoms with Crippen LogP contribution in [-0.4, -0.2) is 18.5 Å². The van der Waals surface area contributed by atoms with E-state index in [-0.39, 0.29) is 5.91 Å². The fourth-order valence-corrected chi connectivity index (χ4v) is 2.97. The van der Waals surface area contributed by atoms with Crippen molar-refractivity contribution in [3.05, 3.63) is 29.3 Å². The lowest BCUT2D eigenvalue weighted by Gasteiger charge is -2.29. The molecule has 110 valence electrons. The summed E-state index contributed by atoms with van der Waals surface area (Å²) in [4.78, 5) is 12.6. The fraction of sp³-hybridized carbons (Fsp3) is 0.588. The molecule has 0 bridgehead atoms. The number of hydrogen-bond donors (Lipinski definition) is 2. The molecule has 0 radical (unpaired) electrons. The van der Waals surface area contributed by atoms with E-state index in [1.807, 2.05) is 32.0 Å². The maximum absolute atomic E-state index is 12.6. The molecule has 3 nitrogen and oxygen atoms in total. The van der Waals surface area contributed by atoms with Crippen molar-refractivity contribution >= 4 is 11.6 Å². The molecule has 0 heterocycles. The highest BCUT2D eigenvalue weighted by molar-refractivity contribution is 6.00. The molecule has 0 aliphatic heterocycles. The van der Waals surface area contributed by atoms with E-state index in [9.17, 15) is 4.79 Å². The van der Waals surface area contributed by atoms with Crippen LogP contribution in [0.2, 0.25) is 0 Å². The van der Waals surface area contributed by atoms with Gasteiger partial charge >= 0.3 is 0 Å². The monoisotopic (exact) mass is 274 g/mol. The average Bonchev–Trinajstić information content (AvgIpc) is 2.43. The second-order valence-corrected chi connectivity index (χ2v) is 5.92. The summed E-state index contributed by atoms with van der Waals surface area (Å²) < 4.78 is 0. The molecule has 3 heteroatoms. The van der Waals surface area contributed by atoms with E-state index in [0.717, 1.165) is 29.8 Å². The molecule has 20 heavy (non-hydrogen) atoms. The summed E-state index contributed by atoms with van der Waals surface area (Å²) in [7, 11) is 0. The highest BCUT2D eigenvalue weighted by Crippen LogP contribution is 2.25. The van der Waals surface area contributed by atoms with E-state index < -0.39 is 0 Å². The van der Waals surface area contributed by atoms with Gasteiger partial charge in [-0.1, -0.05) is 31.4 Å². The molecule has 2 rings (SSSR count). The first-order valence-electron chi connectivity index (χ1n) is 7.77. The van der Waals surface area contributed by atoms with E-state index in [1.165, 1.54) is 19.3 Å². The van der Waals surface area contributed by atoms with Gasteiger partial charge in [-0.15, -0.1) is 0 Å². The molecular formula is C17H26N2O. The summed E-state index contributed by atoms with van der Waals surface area (Å²) in [5.41, 5.74) is 2.82. The Morgan fingerprint density at radius 2 is 2.05 bits per heavy atom. The first-order valence-corrected chi connectivity index (χ1v) is 7.77. The Hall–Kier alpha value is -1.51. The maximum atomic E-state index is 12.6. The largest absolute Gasteiger partial charge is 0.385 e. The van der Waals surface area contributed by atoms with Gasteiger partial charge in [-0.3, -0.25) is 4.79 Å². The lowest BCUT2D eigenvalue weighted by molar-refractivity contribution is 0.0911. The molecule has 0 saturated heterocycles. The molecular weight excluding hydrogens is 248 g/mol. The molecule has 2 N–H and O–H groups in total. The number of hydrogen-bond acceptors (Lipinski definition) is 2. The SMILES string of the molecule is CCNc1ccc(C)cc1C(=O)NC1CCCCC1C. The zero-order chi connectivity index (χ0) is 14.5. The van der Waals surface area contributed by atoms with Gasteiger partial charge in [0.2, 0.25) is 0 Å². The van der Waals surface area contributed by atoms with E-state index in [2.05, 4.69) is 17.6 Å². The van der Waals surface area contributed by atoms with Gasteiger partial charge in [0.25, 0.3) is 5.91 Å². The number of carbonyl (C=O) groups is 1. The number of aryl methyl sites for hydroxylation is 1. The highest BCUT2D eigenvalue weighted by Gasteiger charge is 2.24. The van der Waals surface area contributed by atoms with Gasteiger partial charge in [0.05, 0.1) is 5.56 Å². The quantitative estimate of drug-likeness (QED) is 0.878. The Labute approximate surface area is 122 Å². The van der Waals surface area contributed by atoms with Gasteiger partial charge in [-0.05, 0) is 44.7 Å². The minimum atomic E-state index is 0.0587. The molecule has 0 aromatic heterocycles. The lowest BCUT2D eigenvalue weighted by atomic mass is 9.86. The zero-order valence-corrected chi connectivity index (χ0v) is 12.8. The predicted octanol–water partition coefficient (Wildman–Crippen LogP) is 3.74. The summed E-state index contributed by atoms with van der Waals surface area (Å²) in [6.45, 7) is 7.13. The topological polar surface area (TPSA) is 41.1 Å². The standard InChI is InChI=1S/C17H26N2O/c1-4-18-16-10-9-12(2)11-14(16)17(20)19-15-8-6-5-7-13(15)3/h9-11,13,15,18H,4-8H2,1-3H3,(H,19,20). The molecule has 1 aromatic rings. The first-order chi connectivity index (χ1) is 9.61. The number of anilines is 1. The Morgan fingerprint density at radius 1 is 1.30 bits per heavy atom. The molecule has 1 fully saturated rings. The minimum Gasteiger partial charge on any atom is -0.385 e. The van der Waals surface area contributed by atoms with Gasteiger partial charge in [-0.2, -0.15) is 0 Å². The van der Waals surface area contributed by atoms with Crippen molar-refractivity contribution in [2.45, 2.75) is 52.5 Å². The van der Waals surface area contributed by atoms with Gasteiger partial charge in [0.15, 0.2) is 0 Å². The molecule has 1 amide bonds. The maximum Gasteiger partial charge on any atom is 0.253 e. The number of nitrogens with one attached hydrogen (secondary N) is 2. The molecule has 2 unspecified atom stereocenters. The minimum absolute atomic E-state index is 0.0587. The van der Waals surface area contributed by atoms with Crippen molar-refractivity contribution < 1.29 is 4.79 Å². The van der Waals surface area contributed by atoms with Crippen LogP contribution in [0.4, 0.5) is 5.69 Å². The van der Waals surface area contributed by atoms with Crippen molar-refractivity contribution in [2.75, 3.05) is 11.9 Å². The molecule has 1 aliphatic rings. The van der Waals surface area contributed by atoms with Crippen LogP contribution in [0.25, 0.3) is 0 Å². The number of rotatable bonds is 4. The fourth-order valence-electron chi connectivity index (χ4n) is 2.97. The van der Waals surface area contributed by atoms with Crippen LogP contribution < -0.4 is 10.6 Å². The van der Waals surface area contributed by atoms with E-state index in [1.54, 1.807) is 0 Å². The van der Waals surface area contributed by atoms with Crippen molar-refractivity contribution in [2.24, 2.45) is 5.92 Å². The Balaban J connectivity index is 2.13. The zero-order valence-electron chi connectivity index (χ0n) is 12.8. The van der Waals surface area contributed by atoms with E-state index in [4.69, 9.17) is 0 Å². The normalized spacial score (nSPS) is 22.4. The first kappa shape index (κ1) is 14.9. The Morgan fingerprint density at radius 3 is 2.75 bits per heavy atom. The third-order valence-corrected chi connectivity index (χ3v) is 4.21. The van der Waals surface area contributed by atoms with Crippen LogP contribution in [0.5, 0.6) is 0 Å². The third kappa shape index (κ3) is 3.53. The van der Waals surface area contributed by atoms with Crippen molar-refractivity contribution in [3.8, 4) is 0 Å². The summed E-state index contributed by atoms with van der Waals surface area (Å²) >= 11 is 0.